The third-order valence-electron chi connectivity index (χ3n) is 4.38. The largest absolute Gasteiger partial charge is 0.416 e. The van der Waals surface area contributed by atoms with Crippen LogP contribution < -0.4 is 5.32 Å². The van der Waals surface area contributed by atoms with E-state index in [1.54, 1.807) is 4.90 Å². The highest BCUT2D eigenvalue weighted by Gasteiger charge is 2.35. The van der Waals surface area contributed by atoms with Crippen LogP contribution in [0.3, 0.4) is 0 Å². The van der Waals surface area contributed by atoms with Gasteiger partial charge in [-0.25, -0.2) is 0 Å². The second kappa shape index (κ2) is 6.46. The molecule has 2 heterocycles. The minimum Gasteiger partial charge on any atom is -0.338 e. The predicted octanol–water partition coefficient (Wildman–Crippen LogP) is 2.95. The van der Waals surface area contributed by atoms with Crippen molar-refractivity contribution in [2.45, 2.75) is 25.1 Å². The molecule has 2 atom stereocenters. The zero-order chi connectivity index (χ0) is 15.0. The van der Waals surface area contributed by atoms with Crippen molar-refractivity contribution in [1.82, 2.24) is 10.2 Å². The molecule has 7 heteroatoms. The molecule has 0 bridgehead atoms. The molecular formula is C15H18ClF3N2O. The maximum atomic E-state index is 12.7. The fourth-order valence-corrected chi connectivity index (χ4v) is 3.24. The number of carbonyl (C=O) groups is 1. The highest BCUT2D eigenvalue weighted by molar-refractivity contribution is 5.94. The van der Waals surface area contributed by atoms with E-state index in [-0.39, 0.29) is 23.9 Å². The monoisotopic (exact) mass is 334 g/mol. The molecule has 2 saturated heterocycles. The number of hydrogen-bond acceptors (Lipinski definition) is 2. The Balaban J connectivity index is 0.00000176. The molecule has 3 rings (SSSR count). The van der Waals surface area contributed by atoms with Crippen molar-refractivity contribution in [3.8, 4) is 0 Å². The first-order chi connectivity index (χ1) is 9.95. The summed E-state index contributed by atoms with van der Waals surface area (Å²) in [4.78, 5) is 14.1. The van der Waals surface area contributed by atoms with E-state index in [4.69, 9.17) is 0 Å². The molecular weight excluding hydrogens is 317 g/mol. The van der Waals surface area contributed by atoms with Gasteiger partial charge in [-0.3, -0.25) is 4.79 Å². The molecule has 1 aromatic rings. The molecule has 2 aliphatic heterocycles. The maximum Gasteiger partial charge on any atom is 0.416 e. The first kappa shape index (κ1) is 17.1. The number of fused-ring (bicyclic) bond motifs is 1. The summed E-state index contributed by atoms with van der Waals surface area (Å²) in [5, 5.41) is 3.40. The van der Waals surface area contributed by atoms with E-state index < -0.39 is 11.7 Å². The van der Waals surface area contributed by atoms with E-state index in [1.807, 2.05) is 0 Å². The molecule has 1 N–H and O–H groups in total. The summed E-state index contributed by atoms with van der Waals surface area (Å²) in [5.74, 6) is 0.125. The molecule has 2 fully saturated rings. The lowest BCUT2D eigenvalue weighted by molar-refractivity contribution is -0.137. The van der Waals surface area contributed by atoms with Crippen molar-refractivity contribution in [1.29, 1.82) is 0 Å². The number of likely N-dealkylation sites (tertiary alicyclic amines) is 1. The number of amides is 1. The number of benzene rings is 1. The number of nitrogens with one attached hydrogen (secondary N) is 1. The lowest BCUT2D eigenvalue weighted by Gasteiger charge is -2.35. The SMILES string of the molecule is Cl.O=C(c1cccc(C(F)(F)F)c1)N1CCC2NCCC2C1. The normalized spacial score (nSPS) is 24.6. The van der Waals surface area contributed by atoms with E-state index >= 15 is 0 Å². The summed E-state index contributed by atoms with van der Waals surface area (Å²) >= 11 is 0. The second-order valence-electron chi connectivity index (χ2n) is 5.73. The molecule has 122 valence electrons. The Morgan fingerprint density at radius 3 is 2.77 bits per heavy atom. The Kier molecular flexibility index (Phi) is 5.02. The summed E-state index contributed by atoms with van der Waals surface area (Å²) in [6.45, 7) is 2.19. The van der Waals surface area contributed by atoms with Gasteiger partial charge in [0.1, 0.15) is 0 Å². The quantitative estimate of drug-likeness (QED) is 0.856. The molecule has 0 saturated carbocycles. The van der Waals surface area contributed by atoms with Crippen LogP contribution in [-0.2, 0) is 6.18 Å². The smallest absolute Gasteiger partial charge is 0.338 e. The minimum atomic E-state index is -4.42. The van der Waals surface area contributed by atoms with Crippen molar-refractivity contribution in [3.05, 3.63) is 35.4 Å². The van der Waals surface area contributed by atoms with Crippen LogP contribution in [0.25, 0.3) is 0 Å². The summed E-state index contributed by atoms with van der Waals surface area (Å²) < 4.78 is 38.1. The zero-order valence-corrected chi connectivity index (χ0v) is 12.7. The van der Waals surface area contributed by atoms with Gasteiger partial charge in [-0.2, -0.15) is 13.2 Å². The lowest BCUT2D eigenvalue weighted by Crippen LogP contribution is -2.46. The summed E-state index contributed by atoms with van der Waals surface area (Å²) in [5.41, 5.74) is -0.653. The Labute approximate surface area is 133 Å². The summed E-state index contributed by atoms with van der Waals surface area (Å²) in [7, 11) is 0. The van der Waals surface area contributed by atoms with Crippen molar-refractivity contribution < 1.29 is 18.0 Å². The fraction of sp³-hybridized carbons (Fsp3) is 0.533. The standard InChI is InChI=1S/C15H17F3N2O.ClH/c16-15(17,18)12-3-1-2-10(8-12)14(21)20-7-5-13-11(9-20)4-6-19-13;/h1-3,8,11,13,19H,4-7,9H2;1H. The van der Waals surface area contributed by atoms with E-state index in [2.05, 4.69) is 5.32 Å². The van der Waals surface area contributed by atoms with Crippen molar-refractivity contribution in [3.63, 3.8) is 0 Å². The Hall–Kier alpha value is -1.27. The Morgan fingerprint density at radius 1 is 1.27 bits per heavy atom. The van der Waals surface area contributed by atoms with Crippen molar-refractivity contribution in [2.75, 3.05) is 19.6 Å². The first-order valence-corrected chi connectivity index (χ1v) is 7.15. The third kappa shape index (κ3) is 3.38. The van der Waals surface area contributed by atoms with Gasteiger partial charge < -0.3 is 10.2 Å². The third-order valence-corrected chi connectivity index (χ3v) is 4.38. The van der Waals surface area contributed by atoms with Gasteiger partial charge in [0.2, 0.25) is 0 Å². The second-order valence-corrected chi connectivity index (χ2v) is 5.73. The van der Waals surface area contributed by atoms with Crippen molar-refractivity contribution >= 4 is 18.3 Å². The predicted molar refractivity (Wildman–Crippen MR) is 79.1 cm³/mol. The van der Waals surface area contributed by atoms with Crippen LogP contribution >= 0.6 is 12.4 Å². The molecule has 0 aliphatic carbocycles. The Bertz CT molecular complexity index is 550. The molecule has 0 radical (unpaired) electrons. The fourth-order valence-electron chi connectivity index (χ4n) is 3.24. The molecule has 0 spiro atoms. The summed E-state index contributed by atoms with van der Waals surface area (Å²) in [6, 6.07) is 5.14. The molecule has 22 heavy (non-hydrogen) atoms. The lowest BCUT2D eigenvalue weighted by atomic mass is 9.93. The van der Waals surface area contributed by atoms with Crippen molar-refractivity contribution in [2.24, 2.45) is 5.92 Å². The number of rotatable bonds is 1. The van der Waals surface area contributed by atoms with Crippen LogP contribution in [0.15, 0.2) is 24.3 Å². The first-order valence-electron chi connectivity index (χ1n) is 7.15. The number of alkyl halides is 3. The molecule has 2 unspecified atom stereocenters. The van der Waals surface area contributed by atoms with Crippen LogP contribution in [0.2, 0.25) is 0 Å². The van der Waals surface area contributed by atoms with Gasteiger partial charge in [0, 0.05) is 24.7 Å². The molecule has 1 aromatic carbocycles. The van der Waals surface area contributed by atoms with Crippen LogP contribution in [0.1, 0.15) is 28.8 Å². The molecule has 3 nitrogen and oxygen atoms in total. The number of halogens is 4. The highest BCUT2D eigenvalue weighted by Crippen LogP contribution is 2.30. The molecule has 0 aromatic heterocycles. The highest BCUT2D eigenvalue weighted by atomic mass is 35.5. The zero-order valence-electron chi connectivity index (χ0n) is 11.9. The van der Waals surface area contributed by atoms with Gasteiger partial charge in [-0.05, 0) is 43.5 Å². The maximum absolute atomic E-state index is 12.7. The Morgan fingerprint density at radius 2 is 2.05 bits per heavy atom. The molecule has 2 aliphatic rings. The van der Waals surface area contributed by atoms with Gasteiger partial charge in [-0.15, -0.1) is 12.4 Å². The molecule has 1 amide bonds. The van der Waals surface area contributed by atoms with Crippen LogP contribution in [-0.4, -0.2) is 36.5 Å². The average Bonchev–Trinajstić information content (AvgIpc) is 2.93. The number of carbonyl (C=O) groups excluding carboxylic acids is 1. The van der Waals surface area contributed by atoms with E-state index in [1.165, 1.54) is 12.1 Å². The van der Waals surface area contributed by atoms with Crippen LogP contribution in [0, 0.1) is 5.92 Å². The number of piperidine rings is 1. The summed E-state index contributed by atoms with van der Waals surface area (Å²) in [6.07, 6.45) is -2.52. The van der Waals surface area contributed by atoms with E-state index in [0.29, 0.717) is 25.0 Å². The number of hydrogen-bond donors (Lipinski definition) is 1. The van der Waals surface area contributed by atoms with Crippen LogP contribution in [0.4, 0.5) is 13.2 Å². The van der Waals surface area contributed by atoms with Gasteiger partial charge in [0.15, 0.2) is 0 Å². The van der Waals surface area contributed by atoms with Gasteiger partial charge >= 0.3 is 6.18 Å². The number of nitrogens with zero attached hydrogens (tertiary/aromatic N) is 1. The van der Waals surface area contributed by atoms with Gasteiger partial charge in [-0.1, -0.05) is 6.07 Å². The minimum absolute atomic E-state index is 0. The topological polar surface area (TPSA) is 32.3 Å². The van der Waals surface area contributed by atoms with Gasteiger partial charge in [0.05, 0.1) is 5.56 Å². The van der Waals surface area contributed by atoms with Gasteiger partial charge in [0.25, 0.3) is 5.91 Å². The van der Waals surface area contributed by atoms with E-state index in [0.717, 1.165) is 31.5 Å². The van der Waals surface area contributed by atoms with Crippen LogP contribution in [0.5, 0.6) is 0 Å². The van der Waals surface area contributed by atoms with E-state index in [9.17, 15) is 18.0 Å². The average molecular weight is 335 g/mol.